The van der Waals surface area contributed by atoms with Gasteiger partial charge in [0, 0.05) is 25.0 Å². The molecule has 0 unspecified atom stereocenters. The summed E-state index contributed by atoms with van der Waals surface area (Å²) in [7, 11) is 0. The lowest BCUT2D eigenvalue weighted by molar-refractivity contribution is -0.114. The first-order valence-corrected chi connectivity index (χ1v) is 9.73. The van der Waals surface area contributed by atoms with Gasteiger partial charge in [-0.3, -0.25) is 4.79 Å². The molecular weight excluding hydrogens is 394 g/mol. The fourth-order valence-corrected chi connectivity index (χ4v) is 3.07. The van der Waals surface area contributed by atoms with Gasteiger partial charge in [-0.05, 0) is 61.0 Å². The van der Waals surface area contributed by atoms with Gasteiger partial charge in [-0.25, -0.2) is 9.78 Å². The Labute approximate surface area is 179 Å². The third kappa shape index (κ3) is 5.08. The van der Waals surface area contributed by atoms with Gasteiger partial charge >= 0.3 is 5.97 Å². The van der Waals surface area contributed by atoms with Crippen LogP contribution in [0.1, 0.15) is 28.5 Å². The number of aryl methyl sites for hydroxylation is 1. The van der Waals surface area contributed by atoms with Gasteiger partial charge in [0.2, 0.25) is 5.91 Å². The second kappa shape index (κ2) is 8.71. The van der Waals surface area contributed by atoms with Gasteiger partial charge in [0.15, 0.2) is 0 Å². The maximum Gasteiger partial charge on any atom is 0.343 e. The number of imidazole rings is 1. The molecule has 0 aliphatic carbocycles. The molecule has 31 heavy (non-hydrogen) atoms. The second-order valence-electron chi connectivity index (χ2n) is 7.12. The molecule has 4 aromatic rings. The minimum absolute atomic E-state index is 0.166. The van der Waals surface area contributed by atoms with Crippen LogP contribution in [0.3, 0.4) is 0 Å². The summed E-state index contributed by atoms with van der Waals surface area (Å²) in [5.74, 6) is 0.260. The zero-order valence-electron chi connectivity index (χ0n) is 17.2. The van der Waals surface area contributed by atoms with Crippen molar-refractivity contribution in [3.05, 3.63) is 89.9 Å². The van der Waals surface area contributed by atoms with Crippen LogP contribution in [0.25, 0.3) is 5.65 Å². The number of hydrogen-bond acceptors (Lipinski definition) is 5. The minimum Gasteiger partial charge on any atom is -0.487 e. The van der Waals surface area contributed by atoms with Crippen LogP contribution >= 0.6 is 0 Å². The van der Waals surface area contributed by atoms with Crippen molar-refractivity contribution in [2.24, 2.45) is 0 Å². The molecule has 0 spiro atoms. The van der Waals surface area contributed by atoms with Crippen LogP contribution in [0, 0.1) is 6.92 Å². The summed E-state index contributed by atoms with van der Waals surface area (Å²) in [6.07, 6.45) is 3.93. The molecule has 2 heterocycles. The largest absolute Gasteiger partial charge is 0.487 e. The topological polar surface area (TPSA) is 81.9 Å². The highest BCUT2D eigenvalue weighted by Crippen LogP contribution is 2.20. The van der Waals surface area contributed by atoms with Crippen LogP contribution < -0.4 is 14.8 Å². The van der Waals surface area contributed by atoms with E-state index in [0.29, 0.717) is 22.7 Å². The van der Waals surface area contributed by atoms with Crippen molar-refractivity contribution < 1.29 is 19.1 Å². The minimum atomic E-state index is -0.499. The Morgan fingerprint density at radius 1 is 1.00 bits per heavy atom. The van der Waals surface area contributed by atoms with Crippen molar-refractivity contribution in [3.8, 4) is 11.5 Å². The Kier molecular flexibility index (Phi) is 5.66. The third-order valence-corrected chi connectivity index (χ3v) is 4.49. The van der Waals surface area contributed by atoms with E-state index in [9.17, 15) is 9.59 Å². The molecule has 0 bridgehead atoms. The van der Waals surface area contributed by atoms with Crippen LogP contribution in [-0.4, -0.2) is 21.3 Å². The maximum absolute atomic E-state index is 12.5. The van der Waals surface area contributed by atoms with E-state index in [4.69, 9.17) is 9.47 Å². The number of hydrogen-bond donors (Lipinski definition) is 1. The lowest BCUT2D eigenvalue weighted by atomic mass is 10.2. The van der Waals surface area contributed by atoms with Crippen molar-refractivity contribution in [2.75, 3.05) is 5.32 Å². The fourth-order valence-electron chi connectivity index (χ4n) is 3.07. The van der Waals surface area contributed by atoms with E-state index >= 15 is 0 Å². The van der Waals surface area contributed by atoms with Gasteiger partial charge in [0.05, 0.1) is 11.3 Å². The summed E-state index contributed by atoms with van der Waals surface area (Å²) in [4.78, 5) is 28.1. The average Bonchev–Trinajstić information content (AvgIpc) is 3.15. The number of nitrogens with zero attached hydrogens (tertiary/aromatic N) is 2. The lowest BCUT2D eigenvalue weighted by Gasteiger charge is -2.08. The first-order valence-electron chi connectivity index (χ1n) is 9.73. The molecule has 7 nitrogen and oxygen atoms in total. The molecular formula is C24H21N3O4. The van der Waals surface area contributed by atoms with Crippen molar-refractivity contribution in [3.63, 3.8) is 0 Å². The highest BCUT2D eigenvalue weighted by Gasteiger charge is 2.11. The molecule has 0 aliphatic heterocycles. The Morgan fingerprint density at radius 3 is 2.58 bits per heavy atom. The van der Waals surface area contributed by atoms with E-state index in [1.807, 2.05) is 35.9 Å². The van der Waals surface area contributed by atoms with Gasteiger partial charge in [-0.1, -0.05) is 12.1 Å². The second-order valence-corrected chi connectivity index (χ2v) is 7.12. The zero-order valence-corrected chi connectivity index (χ0v) is 17.2. The molecule has 0 saturated carbocycles. The zero-order chi connectivity index (χ0) is 21.8. The molecule has 0 fully saturated rings. The summed E-state index contributed by atoms with van der Waals surface area (Å²) in [5.41, 5.74) is 3.79. The number of ether oxygens (including phenoxy) is 2. The maximum atomic E-state index is 12.5. The number of carbonyl (C=O) groups is 2. The fraction of sp³-hybridized carbons (Fsp3) is 0.125. The van der Waals surface area contributed by atoms with Crippen LogP contribution in [0.4, 0.5) is 5.69 Å². The van der Waals surface area contributed by atoms with Gasteiger partial charge in [-0.15, -0.1) is 0 Å². The lowest BCUT2D eigenvalue weighted by Crippen LogP contribution is -2.09. The summed E-state index contributed by atoms with van der Waals surface area (Å²) in [6, 6.07) is 17.3. The highest BCUT2D eigenvalue weighted by molar-refractivity contribution is 5.92. The van der Waals surface area contributed by atoms with Crippen LogP contribution in [0.5, 0.6) is 11.5 Å². The first-order chi connectivity index (χ1) is 15.0. The number of anilines is 1. The predicted molar refractivity (Wildman–Crippen MR) is 116 cm³/mol. The van der Waals surface area contributed by atoms with Gasteiger partial charge in [-0.2, -0.15) is 0 Å². The average molecular weight is 415 g/mol. The number of rotatable bonds is 6. The number of carbonyl (C=O) groups excluding carboxylic acids is 2. The number of fused-ring (bicyclic) bond motifs is 1. The SMILES string of the molecule is CC(=O)Nc1ccc(OC(=O)c2cccc(OCc3cn4cc(C)ccc4n3)c2)cc1. The van der Waals surface area contributed by atoms with E-state index in [1.54, 1.807) is 48.5 Å². The van der Waals surface area contributed by atoms with E-state index < -0.39 is 5.97 Å². The van der Waals surface area contributed by atoms with Gasteiger partial charge in [0.1, 0.15) is 23.8 Å². The summed E-state index contributed by atoms with van der Waals surface area (Å²) >= 11 is 0. The molecule has 2 aromatic carbocycles. The number of nitrogens with one attached hydrogen (secondary N) is 1. The molecule has 2 aromatic heterocycles. The predicted octanol–water partition coefficient (Wildman–Crippen LogP) is 4.40. The monoisotopic (exact) mass is 415 g/mol. The number of aromatic nitrogens is 2. The van der Waals surface area contributed by atoms with Crippen molar-refractivity contribution in [2.45, 2.75) is 20.5 Å². The smallest absolute Gasteiger partial charge is 0.343 e. The van der Waals surface area contributed by atoms with E-state index in [0.717, 1.165) is 16.9 Å². The van der Waals surface area contributed by atoms with Gasteiger partial charge < -0.3 is 19.2 Å². The van der Waals surface area contributed by atoms with Crippen LogP contribution in [-0.2, 0) is 11.4 Å². The summed E-state index contributed by atoms with van der Waals surface area (Å²) in [5, 5.41) is 2.66. The van der Waals surface area contributed by atoms with Crippen molar-refractivity contribution in [1.29, 1.82) is 0 Å². The number of pyridine rings is 1. The Hall–Kier alpha value is -4.13. The number of esters is 1. The molecule has 0 atom stereocenters. The van der Waals surface area contributed by atoms with Crippen molar-refractivity contribution >= 4 is 23.2 Å². The molecule has 0 saturated heterocycles. The van der Waals surface area contributed by atoms with Gasteiger partial charge in [0.25, 0.3) is 0 Å². The van der Waals surface area contributed by atoms with Crippen LogP contribution in [0.15, 0.2) is 73.1 Å². The highest BCUT2D eigenvalue weighted by atomic mass is 16.5. The first kappa shape index (κ1) is 20.2. The molecule has 0 radical (unpaired) electrons. The Balaban J connectivity index is 1.39. The third-order valence-electron chi connectivity index (χ3n) is 4.49. The standard InChI is InChI=1S/C24H21N3O4/c1-16-6-11-23-26-20(14-27(23)13-16)15-30-22-5-3-4-18(12-22)24(29)31-21-9-7-19(8-10-21)25-17(2)28/h3-14H,15H2,1-2H3,(H,25,28). The number of benzene rings is 2. The normalized spacial score (nSPS) is 10.6. The van der Waals surface area contributed by atoms with Crippen LogP contribution in [0.2, 0.25) is 0 Å². The molecule has 7 heteroatoms. The Morgan fingerprint density at radius 2 is 1.81 bits per heavy atom. The quantitative estimate of drug-likeness (QED) is 0.373. The van der Waals surface area contributed by atoms with E-state index in [1.165, 1.54) is 6.92 Å². The van der Waals surface area contributed by atoms with Crippen molar-refractivity contribution in [1.82, 2.24) is 9.38 Å². The molecule has 4 rings (SSSR count). The van der Waals surface area contributed by atoms with E-state index in [2.05, 4.69) is 10.3 Å². The summed E-state index contributed by atoms with van der Waals surface area (Å²) < 4.78 is 13.2. The Bertz CT molecular complexity index is 1250. The molecule has 156 valence electrons. The molecule has 1 amide bonds. The van der Waals surface area contributed by atoms with E-state index in [-0.39, 0.29) is 12.5 Å². The molecule has 1 N–H and O–H groups in total. The molecule has 0 aliphatic rings. The number of amides is 1. The summed E-state index contributed by atoms with van der Waals surface area (Å²) in [6.45, 7) is 3.74.